The third-order valence-electron chi connectivity index (χ3n) is 3.56. The van der Waals surface area contributed by atoms with Gasteiger partial charge in [0.25, 0.3) is 0 Å². The molecule has 2 amide bonds. The summed E-state index contributed by atoms with van der Waals surface area (Å²) < 4.78 is 5.14. The number of amides is 2. The predicted molar refractivity (Wildman–Crippen MR) is 77.1 cm³/mol. The molecule has 6 nitrogen and oxygen atoms in total. The quantitative estimate of drug-likeness (QED) is 0.901. The number of carboxylic acids is 1. The van der Waals surface area contributed by atoms with Crippen LogP contribution in [0.25, 0.3) is 0 Å². The van der Waals surface area contributed by atoms with Crippen molar-refractivity contribution < 1.29 is 19.4 Å². The standard InChI is InChI=1S/C15H20N2O4/c1-16(8-7-12-5-3-2-4-6-12)15(20)17-9-10-21-11-13(17)14(18)19/h2-6,13H,7-11H2,1H3,(H,18,19). The second-order valence-electron chi connectivity index (χ2n) is 5.06. The molecule has 1 aliphatic heterocycles. The van der Waals surface area contributed by atoms with Crippen LogP contribution in [0.15, 0.2) is 30.3 Å². The Labute approximate surface area is 123 Å². The second-order valence-corrected chi connectivity index (χ2v) is 5.06. The summed E-state index contributed by atoms with van der Waals surface area (Å²) in [6.45, 7) is 1.29. The lowest BCUT2D eigenvalue weighted by atomic mass is 10.1. The van der Waals surface area contributed by atoms with Gasteiger partial charge in [-0.15, -0.1) is 0 Å². The van der Waals surface area contributed by atoms with E-state index in [4.69, 9.17) is 9.84 Å². The van der Waals surface area contributed by atoms with E-state index >= 15 is 0 Å². The Bertz CT molecular complexity index is 492. The number of hydrogen-bond donors (Lipinski definition) is 1. The average molecular weight is 292 g/mol. The number of morpholine rings is 1. The molecule has 1 N–H and O–H groups in total. The molecule has 0 spiro atoms. The topological polar surface area (TPSA) is 70.1 Å². The zero-order valence-electron chi connectivity index (χ0n) is 12.1. The Hall–Kier alpha value is -2.08. The number of carbonyl (C=O) groups is 2. The summed E-state index contributed by atoms with van der Waals surface area (Å²) in [4.78, 5) is 26.5. The first kappa shape index (κ1) is 15.3. The summed E-state index contributed by atoms with van der Waals surface area (Å²) in [5.41, 5.74) is 1.15. The summed E-state index contributed by atoms with van der Waals surface area (Å²) in [7, 11) is 1.69. The fourth-order valence-corrected chi connectivity index (χ4v) is 2.29. The van der Waals surface area contributed by atoms with Crippen LogP contribution in [0.3, 0.4) is 0 Å². The molecule has 0 aromatic heterocycles. The fraction of sp³-hybridized carbons (Fsp3) is 0.467. The third kappa shape index (κ3) is 3.95. The van der Waals surface area contributed by atoms with E-state index in [0.717, 1.165) is 12.0 Å². The van der Waals surface area contributed by atoms with Crippen LogP contribution in [0, 0.1) is 0 Å². The molecule has 0 radical (unpaired) electrons. The number of nitrogens with zero attached hydrogens (tertiary/aromatic N) is 2. The number of ether oxygens (including phenoxy) is 1. The molecule has 1 atom stereocenters. The highest BCUT2D eigenvalue weighted by Gasteiger charge is 2.34. The highest BCUT2D eigenvalue weighted by Crippen LogP contribution is 2.11. The third-order valence-corrected chi connectivity index (χ3v) is 3.56. The Balaban J connectivity index is 1.93. The van der Waals surface area contributed by atoms with Crippen LogP contribution in [-0.4, -0.2) is 66.3 Å². The van der Waals surface area contributed by atoms with Gasteiger partial charge in [0.2, 0.25) is 0 Å². The SMILES string of the molecule is CN(CCc1ccccc1)C(=O)N1CCOCC1C(=O)O. The van der Waals surface area contributed by atoms with E-state index in [-0.39, 0.29) is 12.6 Å². The average Bonchev–Trinajstić information content (AvgIpc) is 2.52. The molecule has 1 saturated heterocycles. The van der Waals surface area contributed by atoms with Crippen molar-refractivity contribution in [1.29, 1.82) is 0 Å². The minimum Gasteiger partial charge on any atom is -0.480 e. The van der Waals surface area contributed by atoms with Gasteiger partial charge in [0.15, 0.2) is 6.04 Å². The number of benzene rings is 1. The molecule has 1 aromatic carbocycles. The highest BCUT2D eigenvalue weighted by atomic mass is 16.5. The van der Waals surface area contributed by atoms with Gasteiger partial charge in [-0.3, -0.25) is 0 Å². The molecule has 1 fully saturated rings. The molecular formula is C15H20N2O4. The first-order chi connectivity index (χ1) is 10.1. The Morgan fingerprint density at radius 3 is 2.76 bits per heavy atom. The van der Waals surface area contributed by atoms with Gasteiger partial charge in [-0.1, -0.05) is 30.3 Å². The van der Waals surface area contributed by atoms with Crippen LogP contribution >= 0.6 is 0 Å². The number of hydrogen-bond acceptors (Lipinski definition) is 3. The molecule has 0 bridgehead atoms. The Kier molecular flexibility index (Phi) is 5.16. The smallest absolute Gasteiger partial charge is 0.328 e. The number of rotatable bonds is 4. The molecule has 1 aliphatic rings. The van der Waals surface area contributed by atoms with Crippen molar-refractivity contribution in [3.8, 4) is 0 Å². The summed E-state index contributed by atoms with van der Waals surface area (Å²) >= 11 is 0. The van der Waals surface area contributed by atoms with E-state index < -0.39 is 12.0 Å². The number of carboxylic acid groups (broad SMARTS) is 1. The maximum Gasteiger partial charge on any atom is 0.328 e. The van der Waals surface area contributed by atoms with E-state index in [0.29, 0.717) is 19.7 Å². The largest absolute Gasteiger partial charge is 0.480 e. The Morgan fingerprint density at radius 1 is 1.38 bits per heavy atom. The van der Waals surface area contributed by atoms with Crippen LogP contribution < -0.4 is 0 Å². The summed E-state index contributed by atoms with van der Waals surface area (Å²) in [6, 6.07) is 8.72. The van der Waals surface area contributed by atoms with Crippen molar-refractivity contribution in [3.05, 3.63) is 35.9 Å². The van der Waals surface area contributed by atoms with Crippen molar-refractivity contribution in [3.63, 3.8) is 0 Å². The minimum atomic E-state index is -1.03. The summed E-state index contributed by atoms with van der Waals surface area (Å²) in [5.74, 6) is -1.03. The molecule has 1 aromatic rings. The van der Waals surface area contributed by atoms with Gasteiger partial charge in [-0.05, 0) is 12.0 Å². The number of carbonyl (C=O) groups excluding carboxylic acids is 1. The van der Waals surface area contributed by atoms with Gasteiger partial charge in [0, 0.05) is 20.1 Å². The first-order valence-electron chi connectivity index (χ1n) is 6.96. The molecule has 0 saturated carbocycles. The van der Waals surface area contributed by atoms with Gasteiger partial charge in [-0.25, -0.2) is 9.59 Å². The van der Waals surface area contributed by atoms with E-state index in [1.165, 1.54) is 4.90 Å². The normalized spacial score (nSPS) is 18.3. The Morgan fingerprint density at radius 2 is 2.10 bits per heavy atom. The van der Waals surface area contributed by atoms with Crippen LogP contribution in [0.2, 0.25) is 0 Å². The monoisotopic (exact) mass is 292 g/mol. The van der Waals surface area contributed by atoms with Crippen LogP contribution in [0.5, 0.6) is 0 Å². The lowest BCUT2D eigenvalue weighted by molar-refractivity contribution is -0.147. The van der Waals surface area contributed by atoms with E-state index in [1.54, 1.807) is 11.9 Å². The number of aliphatic carboxylic acids is 1. The van der Waals surface area contributed by atoms with Crippen LogP contribution in [-0.2, 0) is 16.0 Å². The zero-order chi connectivity index (χ0) is 15.2. The van der Waals surface area contributed by atoms with Gasteiger partial charge in [0.05, 0.1) is 13.2 Å². The lowest BCUT2D eigenvalue weighted by Crippen LogP contribution is -2.56. The minimum absolute atomic E-state index is 0.0492. The predicted octanol–water partition coefficient (Wildman–Crippen LogP) is 1.07. The maximum absolute atomic E-state index is 12.4. The molecule has 2 rings (SSSR count). The van der Waals surface area contributed by atoms with Gasteiger partial charge >= 0.3 is 12.0 Å². The summed E-state index contributed by atoms with van der Waals surface area (Å²) in [5, 5.41) is 9.15. The van der Waals surface area contributed by atoms with E-state index in [2.05, 4.69) is 0 Å². The first-order valence-corrected chi connectivity index (χ1v) is 6.96. The molecule has 21 heavy (non-hydrogen) atoms. The van der Waals surface area contributed by atoms with Crippen LogP contribution in [0.4, 0.5) is 4.79 Å². The zero-order valence-corrected chi connectivity index (χ0v) is 12.1. The molecule has 114 valence electrons. The van der Waals surface area contributed by atoms with Crippen molar-refractivity contribution >= 4 is 12.0 Å². The van der Waals surface area contributed by atoms with Crippen molar-refractivity contribution in [2.24, 2.45) is 0 Å². The second kappa shape index (κ2) is 7.08. The molecule has 1 unspecified atom stereocenters. The molecule has 1 heterocycles. The van der Waals surface area contributed by atoms with Gasteiger partial charge < -0.3 is 19.6 Å². The number of urea groups is 1. The molecular weight excluding hydrogens is 272 g/mol. The highest BCUT2D eigenvalue weighted by molar-refractivity contribution is 5.83. The lowest BCUT2D eigenvalue weighted by Gasteiger charge is -2.35. The van der Waals surface area contributed by atoms with Crippen molar-refractivity contribution in [2.75, 3.05) is 33.4 Å². The molecule has 0 aliphatic carbocycles. The summed E-state index contributed by atoms with van der Waals surface area (Å²) in [6.07, 6.45) is 0.741. The van der Waals surface area contributed by atoms with Gasteiger partial charge in [0.1, 0.15) is 0 Å². The van der Waals surface area contributed by atoms with E-state index in [9.17, 15) is 9.59 Å². The maximum atomic E-state index is 12.4. The fourth-order valence-electron chi connectivity index (χ4n) is 2.29. The van der Waals surface area contributed by atoms with Crippen LogP contribution in [0.1, 0.15) is 5.56 Å². The number of likely N-dealkylation sites (N-methyl/N-ethyl adjacent to an activating group) is 1. The molecule has 6 heteroatoms. The van der Waals surface area contributed by atoms with E-state index in [1.807, 2.05) is 30.3 Å². The van der Waals surface area contributed by atoms with Crippen molar-refractivity contribution in [2.45, 2.75) is 12.5 Å². The van der Waals surface area contributed by atoms with Crippen molar-refractivity contribution in [1.82, 2.24) is 9.80 Å². The van der Waals surface area contributed by atoms with Gasteiger partial charge in [-0.2, -0.15) is 0 Å².